The molecule has 1 aliphatic rings. The van der Waals surface area contributed by atoms with E-state index in [2.05, 4.69) is 6.92 Å². The smallest absolute Gasteiger partial charge is 0.139 e. The van der Waals surface area contributed by atoms with Gasteiger partial charge in [-0.25, -0.2) is 0 Å². The van der Waals surface area contributed by atoms with Gasteiger partial charge in [0, 0.05) is 16.8 Å². The fraction of sp³-hybridized carbons (Fsp3) is 0.320. The maximum Gasteiger partial charge on any atom is 0.139 e. The molecule has 0 saturated heterocycles. The van der Waals surface area contributed by atoms with Crippen molar-refractivity contribution < 1.29 is 19.3 Å². The van der Waals surface area contributed by atoms with E-state index < -0.39 is 0 Å². The standard InChI is InChI=1S/C25H27NO4/c1-13-10-16-8-7-9-18(28-4)22(16)24(27)20(13)23-19(29-5)12-17-11-14(2)26-15(3)21(17)25(23)30-6/h7-10,12,14,27H,11H2,1-6H3/t14-/m0/s1. The Kier molecular flexibility index (Phi) is 5.06. The molecular weight excluding hydrogens is 378 g/mol. The second kappa shape index (κ2) is 7.56. The number of rotatable bonds is 4. The molecule has 1 N–H and O–H groups in total. The third-order valence-electron chi connectivity index (χ3n) is 5.81. The van der Waals surface area contributed by atoms with Crippen LogP contribution in [0.5, 0.6) is 23.0 Å². The average molecular weight is 405 g/mol. The summed E-state index contributed by atoms with van der Waals surface area (Å²) in [7, 11) is 4.90. The highest BCUT2D eigenvalue weighted by atomic mass is 16.5. The Morgan fingerprint density at radius 1 is 0.933 bits per heavy atom. The molecular formula is C25H27NO4. The van der Waals surface area contributed by atoms with Gasteiger partial charge in [0.25, 0.3) is 0 Å². The van der Waals surface area contributed by atoms with E-state index in [4.69, 9.17) is 19.2 Å². The van der Waals surface area contributed by atoms with Gasteiger partial charge in [-0.2, -0.15) is 0 Å². The van der Waals surface area contributed by atoms with E-state index >= 15 is 0 Å². The van der Waals surface area contributed by atoms with Gasteiger partial charge in [-0.1, -0.05) is 18.2 Å². The van der Waals surface area contributed by atoms with Gasteiger partial charge in [0.2, 0.25) is 0 Å². The number of aromatic hydroxyl groups is 1. The van der Waals surface area contributed by atoms with Crippen molar-refractivity contribution in [3.8, 4) is 34.1 Å². The first-order valence-corrected chi connectivity index (χ1v) is 10.0. The molecule has 0 unspecified atom stereocenters. The number of ether oxygens (including phenoxy) is 3. The Morgan fingerprint density at radius 2 is 1.67 bits per heavy atom. The summed E-state index contributed by atoms with van der Waals surface area (Å²) in [4.78, 5) is 4.76. The number of aryl methyl sites for hydroxylation is 1. The van der Waals surface area contributed by atoms with Crippen molar-refractivity contribution in [1.29, 1.82) is 0 Å². The van der Waals surface area contributed by atoms with E-state index in [1.165, 1.54) is 0 Å². The number of nitrogens with zero attached hydrogens (tertiary/aromatic N) is 1. The lowest BCUT2D eigenvalue weighted by Crippen LogP contribution is -2.18. The molecule has 156 valence electrons. The maximum atomic E-state index is 11.4. The molecule has 4 rings (SSSR count). The van der Waals surface area contributed by atoms with Gasteiger partial charge in [-0.05, 0) is 55.8 Å². The molecule has 1 heterocycles. The largest absolute Gasteiger partial charge is 0.506 e. The summed E-state index contributed by atoms with van der Waals surface area (Å²) in [5.41, 5.74) is 5.37. The van der Waals surface area contributed by atoms with E-state index in [9.17, 15) is 5.11 Å². The molecule has 3 aromatic carbocycles. The molecule has 1 atom stereocenters. The topological polar surface area (TPSA) is 60.3 Å². The summed E-state index contributed by atoms with van der Waals surface area (Å²) in [6.45, 7) is 6.09. The number of hydrogen-bond donors (Lipinski definition) is 1. The van der Waals surface area contributed by atoms with Gasteiger partial charge >= 0.3 is 0 Å². The van der Waals surface area contributed by atoms with Crippen LogP contribution in [0.1, 0.15) is 30.5 Å². The predicted molar refractivity (Wildman–Crippen MR) is 121 cm³/mol. The minimum atomic E-state index is 0.151. The third-order valence-corrected chi connectivity index (χ3v) is 5.81. The molecule has 0 amide bonds. The number of aliphatic imine (C=N–C) groups is 1. The Hall–Kier alpha value is -3.21. The zero-order valence-corrected chi connectivity index (χ0v) is 18.3. The van der Waals surface area contributed by atoms with Crippen LogP contribution in [-0.4, -0.2) is 38.2 Å². The molecule has 1 aliphatic heterocycles. The third kappa shape index (κ3) is 2.96. The van der Waals surface area contributed by atoms with E-state index in [-0.39, 0.29) is 11.8 Å². The highest BCUT2D eigenvalue weighted by Crippen LogP contribution is 2.51. The van der Waals surface area contributed by atoms with Crippen molar-refractivity contribution >= 4 is 16.5 Å². The Morgan fingerprint density at radius 3 is 2.33 bits per heavy atom. The van der Waals surface area contributed by atoms with Crippen LogP contribution in [0.3, 0.4) is 0 Å². The van der Waals surface area contributed by atoms with Gasteiger partial charge < -0.3 is 19.3 Å². The molecule has 3 aromatic rings. The highest BCUT2D eigenvalue weighted by Gasteiger charge is 2.29. The summed E-state index contributed by atoms with van der Waals surface area (Å²) in [6.07, 6.45) is 0.816. The monoisotopic (exact) mass is 405 g/mol. The Bertz CT molecular complexity index is 1180. The lowest BCUT2D eigenvalue weighted by molar-refractivity contribution is 0.394. The molecule has 0 saturated carbocycles. The number of fused-ring (bicyclic) bond motifs is 2. The summed E-state index contributed by atoms with van der Waals surface area (Å²) < 4.78 is 17.2. The molecule has 30 heavy (non-hydrogen) atoms. The zero-order chi connectivity index (χ0) is 21.6. The second-order valence-electron chi connectivity index (χ2n) is 7.76. The number of methoxy groups -OCH3 is 3. The summed E-state index contributed by atoms with van der Waals surface area (Å²) in [6, 6.07) is 10.0. The first kappa shape index (κ1) is 20.1. The fourth-order valence-corrected chi connectivity index (χ4v) is 4.63. The van der Waals surface area contributed by atoms with Crippen molar-refractivity contribution in [3.05, 3.63) is 47.0 Å². The van der Waals surface area contributed by atoms with Gasteiger partial charge in [0.1, 0.15) is 23.0 Å². The van der Waals surface area contributed by atoms with Crippen LogP contribution < -0.4 is 14.2 Å². The van der Waals surface area contributed by atoms with Gasteiger partial charge in [-0.15, -0.1) is 0 Å². The quantitative estimate of drug-likeness (QED) is 0.640. The average Bonchev–Trinajstić information content (AvgIpc) is 2.72. The number of phenolic OH excluding ortho intramolecular Hbond substituents is 1. The van der Waals surface area contributed by atoms with Crippen LogP contribution in [-0.2, 0) is 6.42 Å². The second-order valence-corrected chi connectivity index (χ2v) is 7.76. The van der Waals surface area contributed by atoms with Crippen LogP contribution in [0.25, 0.3) is 21.9 Å². The molecule has 0 aliphatic carbocycles. The first-order valence-electron chi connectivity index (χ1n) is 10.0. The minimum Gasteiger partial charge on any atom is -0.506 e. The van der Waals surface area contributed by atoms with Crippen LogP contribution in [0.4, 0.5) is 0 Å². The normalized spacial score (nSPS) is 15.5. The summed E-state index contributed by atoms with van der Waals surface area (Å²) >= 11 is 0. The van der Waals surface area contributed by atoms with Crippen LogP contribution in [0.2, 0.25) is 0 Å². The van der Waals surface area contributed by atoms with Crippen LogP contribution in [0.15, 0.2) is 35.3 Å². The maximum absolute atomic E-state index is 11.4. The highest BCUT2D eigenvalue weighted by molar-refractivity contribution is 6.08. The first-order chi connectivity index (χ1) is 14.4. The van der Waals surface area contributed by atoms with E-state index in [1.54, 1.807) is 21.3 Å². The SMILES string of the molecule is COc1cc2c(c(OC)c1-c1c(C)cc3cccc(OC)c3c1O)C(C)=N[C@@H](C)C2. The number of hydrogen-bond acceptors (Lipinski definition) is 5. The number of phenols is 1. The van der Waals surface area contributed by atoms with Crippen molar-refractivity contribution in [2.75, 3.05) is 21.3 Å². The predicted octanol–water partition coefficient (Wildman–Crippen LogP) is 5.30. The van der Waals surface area contributed by atoms with Crippen LogP contribution in [0, 0.1) is 6.92 Å². The molecule has 0 bridgehead atoms. The van der Waals surface area contributed by atoms with Crippen molar-refractivity contribution in [2.24, 2.45) is 4.99 Å². The summed E-state index contributed by atoms with van der Waals surface area (Å²) in [5.74, 6) is 2.11. The van der Waals surface area contributed by atoms with Crippen molar-refractivity contribution in [3.63, 3.8) is 0 Å². The lowest BCUT2D eigenvalue weighted by atomic mass is 9.86. The lowest BCUT2D eigenvalue weighted by Gasteiger charge is -2.26. The van der Waals surface area contributed by atoms with Crippen LogP contribution >= 0.6 is 0 Å². The fourth-order valence-electron chi connectivity index (χ4n) is 4.63. The van der Waals surface area contributed by atoms with Gasteiger partial charge in [0.05, 0.1) is 38.3 Å². The Balaban J connectivity index is 2.13. The molecule has 0 fully saturated rings. The molecule has 5 heteroatoms. The van der Waals surface area contributed by atoms with Gasteiger partial charge in [0.15, 0.2) is 0 Å². The van der Waals surface area contributed by atoms with E-state index in [0.29, 0.717) is 28.2 Å². The minimum absolute atomic E-state index is 0.151. The zero-order valence-electron chi connectivity index (χ0n) is 18.3. The number of benzene rings is 3. The molecule has 0 spiro atoms. The molecule has 0 radical (unpaired) electrons. The molecule has 5 nitrogen and oxygen atoms in total. The van der Waals surface area contributed by atoms with Crippen molar-refractivity contribution in [2.45, 2.75) is 33.2 Å². The Labute approximate surface area is 176 Å². The summed E-state index contributed by atoms with van der Waals surface area (Å²) in [5, 5.41) is 13.0. The van der Waals surface area contributed by atoms with Gasteiger partial charge in [-0.3, -0.25) is 4.99 Å². The molecule has 0 aromatic heterocycles. The van der Waals surface area contributed by atoms with E-state index in [0.717, 1.165) is 39.8 Å². The van der Waals surface area contributed by atoms with E-state index in [1.807, 2.05) is 44.2 Å². The van der Waals surface area contributed by atoms with Crippen molar-refractivity contribution in [1.82, 2.24) is 0 Å².